The molecule has 0 radical (unpaired) electrons. The van der Waals surface area contributed by atoms with Gasteiger partial charge in [-0.2, -0.15) is 5.53 Å². The minimum atomic E-state index is 0.805. The number of benzene rings is 1. The van der Waals surface area contributed by atoms with Crippen molar-refractivity contribution in [2.45, 2.75) is 97.8 Å². The number of hydrogen-bond donors (Lipinski definition) is 1. The number of unbranched alkanes of at least 4 members (excludes halogenated alkanes) is 10. The molecular formula is C24H44N3O+. The molecule has 0 saturated heterocycles. The smallest absolute Gasteiger partial charge is 0.147 e. The number of methoxy groups -OCH3 is 1. The van der Waals surface area contributed by atoms with Crippen molar-refractivity contribution in [3.63, 3.8) is 0 Å². The van der Waals surface area contributed by atoms with Crippen molar-refractivity contribution in [1.82, 2.24) is 0 Å². The lowest BCUT2D eigenvalue weighted by atomic mass is 10.1. The standard InChI is InChI=1S/C24H43N3O/c1-5-7-9-11-13-15-19-27(20-16-14-12-10-8-6-2)23-18-17-22(26-25)21(3)24(23)28-4/h17-18,25H,5-16,19-20H2,1-4H3/p+1. The quantitative estimate of drug-likeness (QED) is 0.248. The Morgan fingerprint density at radius 3 is 1.79 bits per heavy atom. The Bertz CT molecular complexity index is 529. The van der Waals surface area contributed by atoms with Crippen LogP contribution in [0.5, 0.6) is 5.75 Å². The second-order valence-electron chi connectivity index (χ2n) is 7.91. The highest BCUT2D eigenvalue weighted by atomic mass is 16.5. The molecule has 0 atom stereocenters. The maximum atomic E-state index is 5.76. The molecule has 0 amide bonds. The summed E-state index contributed by atoms with van der Waals surface area (Å²) in [5.41, 5.74) is 8.55. The van der Waals surface area contributed by atoms with Crippen LogP contribution in [0.25, 0.3) is 0 Å². The minimum Gasteiger partial charge on any atom is -0.494 e. The summed E-state index contributed by atoms with van der Waals surface area (Å²) >= 11 is 0. The van der Waals surface area contributed by atoms with Gasteiger partial charge in [-0.05, 0) is 37.0 Å². The molecule has 0 unspecified atom stereocenters. The molecule has 160 valence electrons. The second kappa shape index (κ2) is 15.4. The predicted octanol–water partition coefficient (Wildman–Crippen LogP) is 6.37. The molecule has 0 spiro atoms. The van der Waals surface area contributed by atoms with Gasteiger partial charge in [-0.15, -0.1) is 0 Å². The summed E-state index contributed by atoms with van der Waals surface area (Å²) in [5, 5.41) is 3.89. The highest BCUT2D eigenvalue weighted by Crippen LogP contribution is 2.37. The Labute approximate surface area is 173 Å². The average molecular weight is 391 g/mol. The lowest BCUT2D eigenvalue weighted by Gasteiger charge is -2.27. The van der Waals surface area contributed by atoms with Gasteiger partial charge < -0.3 is 9.64 Å². The normalized spacial score (nSPS) is 10.9. The summed E-state index contributed by atoms with van der Waals surface area (Å²) in [4.78, 5) is 2.52. The van der Waals surface area contributed by atoms with E-state index in [-0.39, 0.29) is 0 Å². The van der Waals surface area contributed by atoms with Crippen LogP contribution in [0.1, 0.15) is 96.5 Å². The van der Waals surface area contributed by atoms with Gasteiger partial charge in [0.05, 0.1) is 12.8 Å². The molecule has 0 aliphatic carbocycles. The molecule has 4 nitrogen and oxygen atoms in total. The molecule has 0 bridgehead atoms. The van der Waals surface area contributed by atoms with Crippen LogP contribution in [0.3, 0.4) is 0 Å². The van der Waals surface area contributed by atoms with Crippen LogP contribution < -0.4 is 15.2 Å². The SMILES string of the molecule is CCCCCCCCN(CCCCCCCC)c1ccc(N=[NH2+])c(C)c1OC. The van der Waals surface area contributed by atoms with Gasteiger partial charge >= 0.3 is 0 Å². The van der Waals surface area contributed by atoms with Crippen LogP contribution >= 0.6 is 0 Å². The Morgan fingerprint density at radius 2 is 1.32 bits per heavy atom. The van der Waals surface area contributed by atoms with Crippen molar-refractivity contribution in [3.8, 4) is 5.75 Å². The van der Waals surface area contributed by atoms with Gasteiger partial charge in [0.2, 0.25) is 0 Å². The van der Waals surface area contributed by atoms with E-state index in [1.165, 1.54) is 82.7 Å². The number of anilines is 1. The highest BCUT2D eigenvalue weighted by molar-refractivity contribution is 5.68. The topological polar surface area (TPSA) is 50.4 Å². The van der Waals surface area contributed by atoms with E-state index in [0.29, 0.717) is 0 Å². The first-order valence-corrected chi connectivity index (χ1v) is 11.5. The molecule has 1 aromatic carbocycles. The van der Waals surface area contributed by atoms with Gasteiger partial charge in [0.25, 0.3) is 0 Å². The van der Waals surface area contributed by atoms with Gasteiger partial charge in [-0.3, -0.25) is 0 Å². The van der Waals surface area contributed by atoms with Gasteiger partial charge in [-0.25, -0.2) is 0 Å². The van der Waals surface area contributed by atoms with Crippen molar-refractivity contribution in [2.24, 2.45) is 5.11 Å². The lowest BCUT2D eigenvalue weighted by molar-refractivity contribution is -0.210. The summed E-state index contributed by atoms with van der Waals surface area (Å²) < 4.78 is 5.76. The van der Waals surface area contributed by atoms with Crippen molar-refractivity contribution in [3.05, 3.63) is 17.7 Å². The van der Waals surface area contributed by atoms with Crippen molar-refractivity contribution < 1.29 is 10.3 Å². The summed E-state index contributed by atoms with van der Waals surface area (Å²) in [7, 11) is 1.75. The van der Waals surface area contributed by atoms with Crippen LogP contribution in [0, 0.1) is 6.92 Å². The fourth-order valence-electron chi connectivity index (χ4n) is 3.83. The van der Waals surface area contributed by atoms with Crippen LogP contribution in [-0.2, 0) is 0 Å². The summed E-state index contributed by atoms with van der Waals surface area (Å²) in [6, 6.07) is 4.15. The number of rotatable bonds is 17. The molecule has 0 aliphatic rings. The Hall–Kier alpha value is -1.58. The Morgan fingerprint density at radius 1 is 0.821 bits per heavy atom. The van der Waals surface area contributed by atoms with E-state index in [0.717, 1.165) is 30.1 Å². The van der Waals surface area contributed by atoms with E-state index in [9.17, 15) is 0 Å². The molecule has 0 fully saturated rings. The zero-order valence-corrected chi connectivity index (χ0v) is 18.9. The van der Waals surface area contributed by atoms with Gasteiger partial charge in [0.15, 0.2) is 0 Å². The molecule has 1 aromatic rings. The van der Waals surface area contributed by atoms with E-state index in [4.69, 9.17) is 10.3 Å². The van der Waals surface area contributed by atoms with E-state index in [1.54, 1.807) is 7.11 Å². The van der Waals surface area contributed by atoms with Gasteiger partial charge in [-0.1, -0.05) is 78.1 Å². The van der Waals surface area contributed by atoms with Crippen LogP contribution in [0.2, 0.25) is 0 Å². The third-order valence-corrected chi connectivity index (χ3v) is 5.60. The van der Waals surface area contributed by atoms with E-state index in [1.807, 2.05) is 13.0 Å². The van der Waals surface area contributed by atoms with E-state index < -0.39 is 0 Å². The van der Waals surface area contributed by atoms with E-state index >= 15 is 0 Å². The predicted molar refractivity (Wildman–Crippen MR) is 121 cm³/mol. The molecule has 0 heterocycles. The molecular weight excluding hydrogens is 346 g/mol. The number of nitrogens with two attached hydrogens (primary N) is 1. The third-order valence-electron chi connectivity index (χ3n) is 5.60. The van der Waals surface area contributed by atoms with Crippen LogP contribution in [-0.4, -0.2) is 20.2 Å². The maximum absolute atomic E-state index is 5.76. The van der Waals surface area contributed by atoms with Gasteiger partial charge in [0.1, 0.15) is 11.4 Å². The zero-order valence-electron chi connectivity index (χ0n) is 18.9. The summed E-state index contributed by atoms with van der Waals surface area (Å²) in [5.74, 6) is 0.920. The molecule has 0 aromatic heterocycles. The highest BCUT2D eigenvalue weighted by Gasteiger charge is 2.17. The molecule has 4 heteroatoms. The first kappa shape index (κ1) is 24.5. The molecule has 28 heavy (non-hydrogen) atoms. The van der Waals surface area contributed by atoms with Crippen molar-refractivity contribution in [1.29, 1.82) is 0 Å². The number of nitrogens with zero attached hydrogens (tertiary/aromatic N) is 2. The molecule has 2 N–H and O–H groups in total. The first-order chi connectivity index (χ1) is 13.7. The molecule has 0 saturated carbocycles. The van der Waals surface area contributed by atoms with E-state index in [2.05, 4.69) is 29.9 Å². The Balaban J connectivity index is 2.73. The van der Waals surface area contributed by atoms with Crippen molar-refractivity contribution >= 4 is 11.4 Å². The fourth-order valence-corrected chi connectivity index (χ4v) is 3.83. The summed E-state index contributed by atoms with van der Waals surface area (Å²) in [6.07, 6.45) is 15.9. The monoisotopic (exact) mass is 390 g/mol. The lowest BCUT2D eigenvalue weighted by Crippen LogP contribution is -2.26. The summed E-state index contributed by atoms with van der Waals surface area (Å²) in [6.45, 7) is 8.77. The largest absolute Gasteiger partial charge is 0.494 e. The average Bonchev–Trinajstić information content (AvgIpc) is 2.71. The first-order valence-electron chi connectivity index (χ1n) is 11.5. The zero-order chi connectivity index (χ0) is 20.6. The second-order valence-corrected chi connectivity index (χ2v) is 7.91. The van der Waals surface area contributed by atoms with Crippen LogP contribution in [0.4, 0.5) is 11.4 Å². The molecule has 0 aliphatic heterocycles. The van der Waals surface area contributed by atoms with Crippen molar-refractivity contribution in [2.75, 3.05) is 25.1 Å². The minimum absolute atomic E-state index is 0.805. The third kappa shape index (κ3) is 8.62. The number of ether oxygens (including phenoxy) is 1. The number of hydrogen-bond acceptors (Lipinski definition) is 3. The van der Waals surface area contributed by atoms with Crippen LogP contribution in [0.15, 0.2) is 17.2 Å². The fraction of sp³-hybridized carbons (Fsp3) is 0.750. The van der Waals surface area contributed by atoms with Gasteiger partial charge in [0, 0.05) is 18.7 Å². The molecule has 1 rings (SSSR count). The maximum Gasteiger partial charge on any atom is 0.147 e. The Kier molecular flexibility index (Phi) is 13.4.